The van der Waals surface area contributed by atoms with Gasteiger partial charge in [-0.2, -0.15) is 0 Å². The van der Waals surface area contributed by atoms with Crippen molar-refractivity contribution in [3.63, 3.8) is 0 Å². The molecule has 0 bridgehead atoms. The van der Waals surface area contributed by atoms with Gasteiger partial charge in [-0.3, -0.25) is 4.79 Å². The number of aryl methyl sites for hydroxylation is 1. The van der Waals surface area contributed by atoms with E-state index in [4.69, 9.17) is 5.73 Å². The number of rotatable bonds is 4. The van der Waals surface area contributed by atoms with E-state index >= 15 is 0 Å². The standard InChI is InChI=1S/C17H26N2O/c1-14-7-5-8-15(13-14)16-9-3-2-4-12-19(16)17(20)10-6-11-18/h5,7-8,13,16H,2-4,6,9-12,18H2,1H3. The minimum atomic E-state index is 0.252. The van der Waals surface area contributed by atoms with Crippen molar-refractivity contribution in [2.45, 2.75) is 51.5 Å². The van der Waals surface area contributed by atoms with E-state index in [9.17, 15) is 4.79 Å². The number of carbonyl (C=O) groups is 1. The lowest BCUT2D eigenvalue weighted by Crippen LogP contribution is -2.35. The van der Waals surface area contributed by atoms with E-state index in [0.29, 0.717) is 13.0 Å². The molecule has 110 valence electrons. The molecule has 0 saturated carbocycles. The first kappa shape index (κ1) is 15.0. The van der Waals surface area contributed by atoms with Crippen LogP contribution in [0.2, 0.25) is 0 Å². The Morgan fingerprint density at radius 1 is 1.35 bits per heavy atom. The Kier molecular flexibility index (Phi) is 5.60. The first-order valence-corrected chi connectivity index (χ1v) is 7.78. The van der Waals surface area contributed by atoms with Crippen LogP contribution in [0.3, 0.4) is 0 Å². The summed E-state index contributed by atoms with van der Waals surface area (Å²) in [6.07, 6.45) is 6.01. The van der Waals surface area contributed by atoms with Gasteiger partial charge in [0.05, 0.1) is 6.04 Å². The molecule has 1 aliphatic rings. The molecule has 0 aliphatic carbocycles. The summed E-state index contributed by atoms with van der Waals surface area (Å²) in [6.45, 7) is 3.59. The molecule has 2 rings (SSSR count). The number of likely N-dealkylation sites (tertiary alicyclic amines) is 1. The second-order valence-corrected chi connectivity index (χ2v) is 5.76. The van der Waals surface area contributed by atoms with Crippen LogP contribution in [-0.4, -0.2) is 23.9 Å². The predicted molar refractivity (Wildman–Crippen MR) is 82.4 cm³/mol. The highest BCUT2D eigenvalue weighted by Gasteiger charge is 2.26. The van der Waals surface area contributed by atoms with Crippen LogP contribution >= 0.6 is 0 Å². The summed E-state index contributed by atoms with van der Waals surface area (Å²) in [6, 6.07) is 8.84. The maximum absolute atomic E-state index is 12.4. The number of benzene rings is 1. The predicted octanol–water partition coefficient (Wildman–Crippen LogP) is 3.18. The van der Waals surface area contributed by atoms with Gasteiger partial charge in [-0.1, -0.05) is 42.7 Å². The average molecular weight is 274 g/mol. The van der Waals surface area contributed by atoms with Gasteiger partial charge in [0.15, 0.2) is 0 Å². The van der Waals surface area contributed by atoms with Crippen molar-refractivity contribution < 1.29 is 4.79 Å². The topological polar surface area (TPSA) is 46.3 Å². The van der Waals surface area contributed by atoms with Gasteiger partial charge in [0.1, 0.15) is 0 Å². The molecule has 0 aromatic heterocycles. The maximum atomic E-state index is 12.4. The summed E-state index contributed by atoms with van der Waals surface area (Å²) in [5, 5.41) is 0. The Bertz CT molecular complexity index is 444. The number of nitrogens with zero attached hydrogens (tertiary/aromatic N) is 1. The highest BCUT2D eigenvalue weighted by Crippen LogP contribution is 2.31. The summed E-state index contributed by atoms with van der Waals surface area (Å²) < 4.78 is 0. The number of nitrogens with two attached hydrogens (primary N) is 1. The monoisotopic (exact) mass is 274 g/mol. The second kappa shape index (κ2) is 7.44. The minimum absolute atomic E-state index is 0.252. The van der Waals surface area contributed by atoms with Crippen LogP contribution in [-0.2, 0) is 4.79 Å². The van der Waals surface area contributed by atoms with Gasteiger partial charge >= 0.3 is 0 Å². The average Bonchev–Trinajstić information content (AvgIpc) is 2.70. The third kappa shape index (κ3) is 3.83. The largest absolute Gasteiger partial charge is 0.336 e. The molecule has 1 aromatic rings. The highest BCUT2D eigenvalue weighted by molar-refractivity contribution is 5.76. The minimum Gasteiger partial charge on any atom is -0.336 e. The fourth-order valence-corrected chi connectivity index (χ4v) is 3.03. The highest BCUT2D eigenvalue weighted by atomic mass is 16.2. The Labute approximate surface area is 122 Å². The Hall–Kier alpha value is -1.35. The van der Waals surface area contributed by atoms with Crippen molar-refractivity contribution >= 4 is 5.91 Å². The molecule has 0 spiro atoms. The van der Waals surface area contributed by atoms with Gasteiger partial charge in [-0.15, -0.1) is 0 Å². The fourth-order valence-electron chi connectivity index (χ4n) is 3.03. The van der Waals surface area contributed by atoms with Crippen molar-refractivity contribution in [3.8, 4) is 0 Å². The van der Waals surface area contributed by atoms with E-state index in [-0.39, 0.29) is 11.9 Å². The van der Waals surface area contributed by atoms with Crippen LogP contribution < -0.4 is 5.73 Å². The Morgan fingerprint density at radius 3 is 2.95 bits per heavy atom. The van der Waals surface area contributed by atoms with Gasteiger partial charge in [0, 0.05) is 13.0 Å². The second-order valence-electron chi connectivity index (χ2n) is 5.76. The molecule has 3 heteroatoms. The molecule has 20 heavy (non-hydrogen) atoms. The van der Waals surface area contributed by atoms with E-state index < -0.39 is 0 Å². The van der Waals surface area contributed by atoms with Crippen LogP contribution in [0, 0.1) is 6.92 Å². The van der Waals surface area contributed by atoms with Gasteiger partial charge in [-0.05, 0) is 38.3 Å². The van der Waals surface area contributed by atoms with E-state index in [2.05, 4.69) is 36.1 Å². The van der Waals surface area contributed by atoms with Gasteiger partial charge in [0.25, 0.3) is 0 Å². The lowest BCUT2D eigenvalue weighted by Gasteiger charge is -2.31. The molecule has 0 radical (unpaired) electrons. The first-order valence-electron chi connectivity index (χ1n) is 7.78. The Balaban J connectivity index is 2.18. The van der Waals surface area contributed by atoms with Crippen molar-refractivity contribution in [3.05, 3.63) is 35.4 Å². The zero-order chi connectivity index (χ0) is 14.4. The molecule has 3 nitrogen and oxygen atoms in total. The molecular weight excluding hydrogens is 248 g/mol. The van der Waals surface area contributed by atoms with E-state index in [1.54, 1.807) is 0 Å². The summed E-state index contributed by atoms with van der Waals surface area (Å²) in [5.41, 5.74) is 8.08. The molecule has 1 saturated heterocycles. The van der Waals surface area contributed by atoms with Crippen molar-refractivity contribution in [2.75, 3.05) is 13.1 Å². The molecule has 2 N–H and O–H groups in total. The quantitative estimate of drug-likeness (QED) is 0.916. The fraction of sp³-hybridized carbons (Fsp3) is 0.588. The van der Waals surface area contributed by atoms with Crippen LogP contribution in [0.15, 0.2) is 24.3 Å². The number of hydrogen-bond donors (Lipinski definition) is 1. The zero-order valence-corrected chi connectivity index (χ0v) is 12.5. The number of hydrogen-bond acceptors (Lipinski definition) is 2. The van der Waals surface area contributed by atoms with E-state index in [1.807, 2.05) is 0 Å². The van der Waals surface area contributed by atoms with Crippen molar-refractivity contribution in [1.29, 1.82) is 0 Å². The van der Waals surface area contributed by atoms with Crippen LogP contribution in [0.5, 0.6) is 0 Å². The molecule has 1 heterocycles. The molecule has 1 atom stereocenters. The summed E-state index contributed by atoms with van der Waals surface area (Å²) in [4.78, 5) is 14.5. The van der Waals surface area contributed by atoms with Crippen LogP contribution in [0.25, 0.3) is 0 Å². The summed E-state index contributed by atoms with van der Waals surface area (Å²) >= 11 is 0. The summed E-state index contributed by atoms with van der Waals surface area (Å²) in [5.74, 6) is 0.267. The lowest BCUT2D eigenvalue weighted by atomic mass is 9.99. The third-order valence-corrected chi connectivity index (χ3v) is 4.09. The van der Waals surface area contributed by atoms with Crippen molar-refractivity contribution in [2.24, 2.45) is 5.73 Å². The smallest absolute Gasteiger partial charge is 0.223 e. The number of amides is 1. The van der Waals surface area contributed by atoms with Crippen LogP contribution in [0.1, 0.15) is 55.7 Å². The van der Waals surface area contributed by atoms with Gasteiger partial charge in [-0.25, -0.2) is 0 Å². The summed E-state index contributed by atoms with van der Waals surface area (Å²) in [7, 11) is 0. The lowest BCUT2D eigenvalue weighted by molar-refractivity contribution is -0.133. The molecule has 1 amide bonds. The molecule has 1 aromatic carbocycles. The zero-order valence-electron chi connectivity index (χ0n) is 12.5. The van der Waals surface area contributed by atoms with Gasteiger partial charge in [0.2, 0.25) is 5.91 Å². The number of carbonyl (C=O) groups excluding carboxylic acids is 1. The van der Waals surface area contributed by atoms with Gasteiger partial charge < -0.3 is 10.6 Å². The Morgan fingerprint density at radius 2 is 2.20 bits per heavy atom. The third-order valence-electron chi connectivity index (χ3n) is 4.09. The molecule has 1 fully saturated rings. The van der Waals surface area contributed by atoms with Crippen molar-refractivity contribution in [1.82, 2.24) is 4.90 Å². The molecule has 1 aliphatic heterocycles. The van der Waals surface area contributed by atoms with E-state index in [1.165, 1.54) is 24.0 Å². The normalized spacial score (nSPS) is 19.7. The molecular formula is C17H26N2O. The maximum Gasteiger partial charge on any atom is 0.223 e. The molecule has 1 unspecified atom stereocenters. The SMILES string of the molecule is Cc1cccc(C2CCCCCN2C(=O)CCCN)c1. The van der Waals surface area contributed by atoms with E-state index in [0.717, 1.165) is 25.8 Å². The first-order chi connectivity index (χ1) is 9.72. The van der Waals surface area contributed by atoms with Crippen LogP contribution in [0.4, 0.5) is 0 Å².